The highest BCUT2D eigenvalue weighted by Crippen LogP contribution is 2.23. The molecule has 104 valence electrons. The summed E-state index contributed by atoms with van der Waals surface area (Å²) >= 11 is 1.72. The molecule has 0 fully saturated rings. The number of benzene rings is 2. The second-order valence-corrected chi connectivity index (χ2v) is 5.66. The first-order valence-corrected chi connectivity index (χ1v) is 7.68. The number of nitrogens with zero attached hydrogens (tertiary/aromatic N) is 1. The highest BCUT2D eigenvalue weighted by atomic mass is 32.2. The number of ether oxygens (including phenoxy) is 1. The average Bonchev–Trinajstić information content (AvgIpc) is 2.94. The van der Waals surface area contributed by atoms with E-state index in [1.165, 1.54) is 5.39 Å². The molecule has 0 bridgehead atoms. The van der Waals surface area contributed by atoms with E-state index in [2.05, 4.69) is 29.3 Å². The van der Waals surface area contributed by atoms with Gasteiger partial charge < -0.3 is 9.72 Å². The zero-order valence-electron chi connectivity index (χ0n) is 11.4. The third-order valence-corrected chi connectivity index (χ3v) is 4.01. The van der Waals surface area contributed by atoms with Gasteiger partial charge in [0.2, 0.25) is 0 Å². The summed E-state index contributed by atoms with van der Waals surface area (Å²) < 4.78 is 5.67. The fourth-order valence-electron chi connectivity index (χ4n) is 2.11. The molecule has 1 aromatic heterocycles. The largest absolute Gasteiger partial charge is 0.491 e. The number of hydrogen-bond acceptors (Lipinski definition) is 3. The van der Waals surface area contributed by atoms with Crippen LogP contribution in [0, 0.1) is 11.3 Å². The van der Waals surface area contributed by atoms with Gasteiger partial charge in [-0.05, 0) is 24.3 Å². The Kier molecular flexibility index (Phi) is 4.13. The fourth-order valence-corrected chi connectivity index (χ4v) is 2.89. The number of aromatic amines is 1. The van der Waals surface area contributed by atoms with Crippen molar-refractivity contribution in [3.63, 3.8) is 0 Å². The van der Waals surface area contributed by atoms with Crippen molar-refractivity contribution >= 4 is 22.7 Å². The zero-order valence-corrected chi connectivity index (χ0v) is 12.2. The molecular formula is C17H14N2OS. The Morgan fingerprint density at radius 1 is 1.10 bits per heavy atom. The lowest BCUT2D eigenvalue weighted by Gasteiger charge is -2.06. The standard InChI is InChI=1S/C17H14N2OS/c18-12-14-6-2-4-8-16(14)20-9-10-21-17-11-13-5-1-3-7-15(13)19-17/h1-8,11,19H,9-10H2. The molecule has 0 aliphatic carbocycles. The molecule has 0 saturated carbocycles. The third-order valence-electron chi connectivity index (χ3n) is 3.11. The normalized spacial score (nSPS) is 10.4. The molecule has 1 N–H and O–H groups in total. The Morgan fingerprint density at radius 2 is 1.90 bits per heavy atom. The Labute approximate surface area is 127 Å². The summed E-state index contributed by atoms with van der Waals surface area (Å²) in [6.07, 6.45) is 0. The molecule has 3 rings (SSSR count). The van der Waals surface area contributed by atoms with Crippen molar-refractivity contribution in [2.45, 2.75) is 5.03 Å². The smallest absolute Gasteiger partial charge is 0.137 e. The molecule has 0 atom stereocenters. The molecule has 21 heavy (non-hydrogen) atoms. The predicted octanol–water partition coefficient (Wildman–Crippen LogP) is 4.21. The van der Waals surface area contributed by atoms with Crippen LogP contribution in [0.25, 0.3) is 10.9 Å². The average molecular weight is 294 g/mol. The van der Waals surface area contributed by atoms with Crippen molar-refractivity contribution < 1.29 is 4.74 Å². The van der Waals surface area contributed by atoms with E-state index in [0.717, 1.165) is 16.3 Å². The van der Waals surface area contributed by atoms with Gasteiger partial charge in [0.15, 0.2) is 0 Å². The maximum absolute atomic E-state index is 8.99. The van der Waals surface area contributed by atoms with Crippen molar-refractivity contribution in [3.05, 3.63) is 60.2 Å². The van der Waals surface area contributed by atoms with E-state index in [1.807, 2.05) is 30.3 Å². The number of fused-ring (bicyclic) bond motifs is 1. The third kappa shape index (κ3) is 3.21. The Bertz CT molecular complexity index is 756. The van der Waals surface area contributed by atoms with Crippen molar-refractivity contribution in [2.24, 2.45) is 0 Å². The molecule has 2 aromatic carbocycles. The molecule has 0 amide bonds. The number of H-pyrrole nitrogens is 1. The summed E-state index contributed by atoms with van der Waals surface area (Å²) in [6, 6.07) is 19.8. The first-order valence-electron chi connectivity index (χ1n) is 6.69. The van der Waals surface area contributed by atoms with Crippen molar-refractivity contribution in [2.75, 3.05) is 12.4 Å². The van der Waals surface area contributed by atoms with Gasteiger partial charge in [-0.2, -0.15) is 5.26 Å². The molecule has 1 heterocycles. The van der Waals surface area contributed by atoms with Crippen LogP contribution in [0.4, 0.5) is 0 Å². The van der Waals surface area contributed by atoms with E-state index < -0.39 is 0 Å². The lowest BCUT2D eigenvalue weighted by molar-refractivity contribution is 0.343. The zero-order chi connectivity index (χ0) is 14.5. The van der Waals surface area contributed by atoms with Crippen molar-refractivity contribution in [1.29, 1.82) is 5.26 Å². The van der Waals surface area contributed by atoms with Gasteiger partial charge >= 0.3 is 0 Å². The van der Waals surface area contributed by atoms with E-state index in [1.54, 1.807) is 17.8 Å². The van der Waals surface area contributed by atoms with E-state index >= 15 is 0 Å². The monoisotopic (exact) mass is 294 g/mol. The van der Waals surface area contributed by atoms with Gasteiger partial charge in [0.05, 0.1) is 17.2 Å². The van der Waals surface area contributed by atoms with Gasteiger partial charge in [0.1, 0.15) is 11.8 Å². The van der Waals surface area contributed by atoms with Gasteiger partial charge in [-0.15, -0.1) is 11.8 Å². The maximum atomic E-state index is 8.99. The topological polar surface area (TPSA) is 48.8 Å². The molecule has 3 nitrogen and oxygen atoms in total. The highest BCUT2D eigenvalue weighted by Gasteiger charge is 2.03. The fraction of sp³-hybridized carbons (Fsp3) is 0.118. The molecule has 4 heteroatoms. The summed E-state index contributed by atoms with van der Waals surface area (Å²) in [7, 11) is 0. The van der Waals surface area contributed by atoms with Gasteiger partial charge in [0.25, 0.3) is 0 Å². The first kappa shape index (κ1) is 13.6. The first-order chi connectivity index (χ1) is 10.4. The molecular weight excluding hydrogens is 280 g/mol. The second kappa shape index (κ2) is 6.38. The van der Waals surface area contributed by atoms with Crippen LogP contribution >= 0.6 is 11.8 Å². The minimum atomic E-state index is 0.568. The van der Waals surface area contributed by atoms with Crippen molar-refractivity contribution in [1.82, 2.24) is 4.98 Å². The maximum Gasteiger partial charge on any atom is 0.137 e. The van der Waals surface area contributed by atoms with E-state index in [0.29, 0.717) is 17.9 Å². The van der Waals surface area contributed by atoms with Gasteiger partial charge in [-0.25, -0.2) is 0 Å². The summed E-state index contributed by atoms with van der Waals surface area (Å²) in [5.41, 5.74) is 1.73. The summed E-state index contributed by atoms with van der Waals surface area (Å²) in [6.45, 7) is 0.568. The molecule has 0 aliphatic rings. The van der Waals surface area contributed by atoms with Crippen LogP contribution in [0.1, 0.15) is 5.56 Å². The predicted molar refractivity (Wildman–Crippen MR) is 85.7 cm³/mol. The number of rotatable bonds is 5. The van der Waals surface area contributed by atoms with Gasteiger partial charge in [-0.3, -0.25) is 0 Å². The van der Waals surface area contributed by atoms with Crippen LogP contribution < -0.4 is 4.74 Å². The molecule has 0 radical (unpaired) electrons. The van der Waals surface area contributed by atoms with E-state index in [4.69, 9.17) is 10.00 Å². The van der Waals surface area contributed by atoms with Crippen LogP contribution in [-0.4, -0.2) is 17.3 Å². The lowest BCUT2D eigenvalue weighted by atomic mass is 10.2. The van der Waals surface area contributed by atoms with E-state index in [-0.39, 0.29) is 0 Å². The van der Waals surface area contributed by atoms with Crippen LogP contribution in [-0.2, 0) is 0 Å². The minimum absolute atomic E-state index is 0.568. The van der Waals surface area contributed by atoms with Crippen LogP contribution in [0.2, 0.25) is 0 Å². The van der Waals surface area contributed by atoms with Crippen LogP contribution in [0.15, 0.2) is 59.6 Å². The van der Waals surface area contributed by atoms with Crippen LogP contribution in [0.3, 0.4) is 0 Å². The quantitative estimate of drug-likeness (QED) is 0.566. The highest BCUT2D eigenvalue weighted by molar-refractivity contribution is 7.99. The second-order valence-electron chi connectivity index (χ2n) is 4.53. The minimum Gasteiger partial charge on any atom is -0.491 e. The Hall–Kier alpha value is -2.38. The number of nitriles is 1. The lowest BCUT2D eigenvalue weighted by Crippen LogP contribution is -2.01. The molecule has 3 aromatic rings. The van der Waals surface area contributed by atoms with Crippen molar-refractivity contribution in [3.8, 4) is 11.8 Å². The Morgan fingerprint density at radius 3 is 2.76 bits per heavy atom. The number of aromatic nitrogens is 1. The van der Waals surface area contributed by atoms with Gasteiger partial charge in [0, 0.05) is 16.7 Å². The van der Waals surface area contributed by atoms with Crippen LogP contribution in [0.5, 0.6) is 5.75 Å². The number of nitrogens with one attached hydrogen (secondary N) is 1. The molecule has 0 saturated heterocycles. The SMILES string of the molecule is N#Cc1ccccc1OCCSc1cc2ccccc2[nH]1. The number of thioether (sulfide) groups is 1. The number of hydrogen-bond donors (Lipinski definition) is 1. The summed E-state index contributed by atoms with van der Waals surface area (Å²) in [5.74, 6) is 1.48. The molecule has 0 unspecified atom stereocenters. The Balaban J connectivity index is 1.55. The molecule has 0 aliphatic heterocycles. The summed E-state index contributed by atoms with van der Waals surface area (Å²) in [5, 5.41) is 11.3. The van der Waals surface area contributed by atoms with Gasteiger partial charge in [-0.1, -0.05) is 30.3 Å². The molecule has 0 spiro atoms. The summed E-state index contributed by atoms with van der Waals surface area (Å²) in [4.78, 5) is 3.37. The van der Waals surface area contributed by atoms with E-state index in [9.17, 15) is 0 Å². The number of para-hydroxylation sites is 2.